The average molecular weight is 416 g/mol. The summed E-state index contributed by atoms with van der Waals surface area (Å²) in [5, 5.41) is 3.51. The third kappa shape index (κ3) is 4.46. The lowest BCUT2D eigenvalue weighted by molar-refractivity contribution is -0.139. The Morgan fingerprint density at radius 2 is 1.93 bits per heavy atom. The number of aromatic nitrogens is 2. The molecule has 0 saturated carbocycles. The van der Waals surface area contributed by atoms with Crippen molar-refractivity contribution >= 4 is 29.0 Å². The highest BCUT2D eigenvalue weighted by molar-refractivity contribution is 6.30. The van der Waals surface area contributed by atoms with Gasteiger partial charge in [-0.05, 0) is 61.9 Å². The van der Waals surface area contributed by atoms with Crippen LogP contribution in [0.5, 0.6) is 0 Å². The SMILES string of the molecule is COC(=O)Cc1[nH]n(-c2ccc(F)cc2)c(=O)c1C(C)=Nc1ccc(Cl)cc1C. The molecule has 0 atom stereocenters. The van der Waals surface area contributed by atoms with E-state index in [1.54, 1.807) is 25.1 Å². The summed E-state index contributed by atoms with van der Waals surface area (Å²) in [6.45, 7) is 3.55. The van der Waals surface area contributed by atoms with Gasteiger partial charge in [-0.1, -0.05) is 11.6 Å². The van der Waals surface area contributed by atoms with Gasteiger partial charge in [0.15, 0.2) is 0 Å². The van der Waals surface area contributed by atoms with Crippen LogP contribution in [-0.4, -0.2) is 28.6 Å². The van der Waals surface area contributed by atoms with E-state index in [9.17, 15) is 14.0 Å². The molecule has 6 nitrogen and oxygen atoms in total. The third-order valence-electron chi connectivity index (χ3n) is 4.41. The summed E-state index contributed by atoms with van der Waals surface area (Å²) < 4.78 is 19.2. The van der Waals surface area contributed by atoms with E-state index in [2.05, 4.69) is 10.1 Å². The first-order valence-corrected chi connectivity index (χ1v) is 9.16. The van der Waals surface area contributed by atoms with Crippen molar-refractivity contribution in [2.24, 2.45) is 4.99 Å². The van der Waals surface area contributed by atoms with Gasteiger partial charge in [-0.3, -0.25) is 19.7 Å². The van der Waals surface area contributed by atoms with Crippen LogP contribution in [0.25, 0.3) is 5.69 Å². The number of carbonyl (C=O) groups excluding carboxylic acids is 1. The first-order valence-electron chi connectivity index (χ1n) is 8.78. The number of aryl methyl sites for hydroxylation is 1. The predicted octanol–water partition coefficient (Wildman–Crippen LogP) is 4.12. The van der Waals surface area contributed by atoms with Gasteiger partial charge in [0.05, 0.1) is 41.9 Å². The Labute approximate surface area is 171 Å². The van der Waals surface area contributed by atoms with Crippen LogP contribution in [0.15, 0.2) is 52.3 Å². The maximum atomic E-state index is 13.3. The summed E-state index contributed by atoms with van der Waals surface area (Å²) in [5.74, 6) is -0.923. The molecule has 29 heavy (non-hydrogen) atoms. The van der Waals surface area contributed by atoms with Crippen LogP contribution in [0.1, 0.15) is 23.7 Å². The smallest absolute Gasteiger partial charge is 0.311 e. The molecule has 1 aromatic heterocycles. The van der Waals surface area contributed by atoms with Gasteiger partial charge in [0, 0.05) is 5.02 Å². The molecular weight excluding hydrogens is 397 g/mol. The minimum atomic E-state index is -0.505. The number of esters is 1. The lowest BCUT2D eigenvalue weighted by Gasteiger charge is -2.04. The topological polar surface area (TPSA) is 76.5 Å². The highest BCUT2D eigenvalue weighted by Crippen LogP contribution is 2.23. The molecule has 0 fully saturated rings. The summed E-state index contributed by atoms with van der Waals surface area (Å²) in [5.41, 5.74) is 2.59. The molecule has 0 radical (unpaired) electrons. The molecule has 1 heterocycles. The number of hydrogen-bond donors (Lipinski definition) is 1. The van der Waals surface area contributed by atoms with E-state index in [1.807, 2.05) is 6.92 Å². The van der Waals surface area contributed by atoms with Gasteiger partial charge in [0.1, 0.15) is 5.82 Å². The number of aliphatic imine (C=N–C) groups is 1. The van der Waals surface area contributed by atoms with Gasteiger partial charge >= 0.3 is 5.97 Å². The zero-order chi connectivity index (χ0) is 21.1. The Morgan fingerprint density at radius 1 is 1.24 bits per heavy atom. The Hall–Kier alpha value is -3.19. The monoisotopic (exact) mass is 415 g/mol. The Kier molecular flexibility index (Phi) is 5.98. The van der Waals surface area contributed by atoms with Crippen LogP contribution in [0.3, 0.4) is 0 Å². The Balaban J connectivity index is 2.14. The Bertz CT molecular complexity index is 1150. The van der Waals surface area contributed by atoms with Crippen LogP contribution < -0.4 is 5.56 Å². The zero-order valence-corrected chi connectivity index (χ0v) is 16.9. The van der Waals surface area contributed by atoms with E-state index in [-0.39, 0.29) is 12.0 Å². The highest BCUT2D eigenvalue weighted by atomic mass is 35.5. The predicted molar refractivity (Wildman–Crippen MR) is 110 cm³/mol. The number of aromatic amines is 1. The van der Waals surface area contributed by atoms with Crippen LogP contribution in [0.2, 0.25) is 5.02 Å². The van der Waals surface area contributed by atoms with Crippen molar-refractivity contribution < 1.29 is 13.9 Å². The van der Waals surface area contributed by atoms with Crippen molar-refractivity contribution in [3.8, 4) is 5.69 Å². The second-order valence-electron chi connectivity index (χ2n) is 6.46. The summed E-state index contributed by atoms with van der Waals surface area (Å²) in [6, 6.07) is 10.7. The minimum absolute atomic E-state index is 0.137. The molecule has 150 valence electrons. The molecule has 3 rings (SSSR count). The van der Waals surface area contributed by atoms with E-state index < -0.39 is 17.3 Å². The molecule has 2 aromatic carbocycles. The van der Waals surface area contributed by atoms with Gasteiger partial charge < -0.3 is 4.74 Å². The number of hydrogen-bond acceptors (Lipinski definition) is 4. The molecule has 1 N–H and O–H groups in total. The fourth-order valence-corrected chi connectivity index (χ4v) is 3.18. The van der Waals surface area contributed by atoms with Gasteiger partial charge in [0.25, 0.3) is 5.56 Å². The van der Waals surface area contributed by atoms with Gasteiger partial charge in [-0.2, -0.15) is 0 Å². The maximum Gasteiger partial charge on any atom is 0.311 e. The van der Waals surface area contributed by atoms with E-state index in [0.29, 0.717) is 27.8 Å². The second-order valence-corrected chi connectivity index (χ2v) is 6.90. The summed E-state index contributed by atoms with van der Waals surface area (Å²) in [7, 11) is 1.27. The maximum absolute atomic E-state index is 13.3. The number of halogens is 2. The third-order valence-corrected chi connectivity index (χ3v) is 4.64. The zero-order valence-electron chi connectivity index (χ0n) is 16.1. The molecule has 0 aliphatic rings. The van der Waals surface area contributed by atoms with Crippen molar-refractivity contribution in [2.75, 3.05) is 7.11 Å². The highest BCUT2D eigenvalue weighted by Gasteiger charge is 2.20. The van der Waals surface area contributed by atoms with Crippen molar-refractivity contribution in [3.05, 3.63) is 80.5 Å². The van der Waals surface area contributed by atoms with Crippen molar-refractivity contribution in [2.45, 2.75) is 20.3 Å². The molecule has 3 aromatic rings. The molecule has 0 unspecified atom stereocenters. The van der Waals surface area contributed by atoms with Gasteiger partial charge in [0.2, 0.25) is 0 Å². The first-order chi connectivity index (χ1) is 13.8. The van der Waals surface area contributed by atoms with Crippen molar-refractivity contribution in [1.29, 1.82) is 0 Å². The molecular formula is C21H19ClFN3O3. The summed E-state index contributed by atoms with van der Waals surface area (Å²) >= 11 is 5.99. The van der Waals surface area contributed by atoms with Gasteiger partial charge in [-0.25, -0.2) is 9.07 Å². The molecule has 0 bridgehead atoms. The fraction of sp³-hybridized carbons (Fsp3) is 0.190. The van der Waals surface area contributed by atoms with Gasteiger partial charge in [-0.15, -0.1) is 0 Å². The number of carbonyl (C=O) groups is 1. The van der Waals surface area contributed by atoms with Crippen molar-refractivity contribution in [3.63, 3.8) is 0 Å². The molecule has 0 saturated heterocycles. The number of nitrogens with one attached hydrogen (secondary N) is 1. The van der Waals surface area contributed by atoms with Crippen LogP contribution >= 0.6 is 11.6 Å². The van der Waals surface area contributed by atoms with E-state index in [1.165, 1.54) is 36.1 Å². The van der Waals surface area contributed by atoms with E-state index in [4.69, 9.17) is 16.3 Å². The second kappa shape index (κ2) is 8.45. The van der Waals surface area contributed by atoms with Crippen molar-refractivity contribution in [1.82, 2.24) is 9.78 Å². The molecule has 0 spiro atoms. The number of ether oxygens (including phenoxy) is 1. The van der Waals surface area contributed by atoms with Crippen LogP contribution in [0, 0.1) is 12.7 Å². The normalized spacial score (nSPS) is 11.6. The standard InChI is InChI=1S/C21H19ClFN3O3/c1-12-10-14(22)4-9-17(12)24-13(2)20-18(11-19(27)29-3)25-26(21(20)28)16-7-5-15(23)6-8-16/h4-10,25H,11H2,1-3H3. The summed E-state index contributed by atoms with van der Waals surface area (Å²) in [6.07, 6.45) is -0.137. The lowest BCUT2D eigenvalue weighted by Crippen LogP contribution is -2.20. The van der Waals surface area contributed by atoms with Crippen LogP contribution in [-0.2, 0) is 16.0 Å². The van der Waals surface area contributed by atoms with E-state index >= 15 is 0 Å². The Morgan fingerprint density at radius 3 is 2.55 bits per heavy atom. The fourth-order valence-electron chi connectivity index (χ4n) is 2.95. The largest absolute Gasteiger partial charge is 0.469 e. The number of nitrogens with zero attached hydrogens (tertiary/aromatic N) is 2. The quantitative estimate of drug-likeness (QED) is 0.503. The molecule has 0 aliphatic carbocycles. The summed E-state index contributed by atoms with van der Waals surface area (Å²) in [4.78, 5) is 29.5. The number of benzene rings is 2. The van der Waals surface area contributed by atoms with E-state index in [0.717, 1.165) is 5.56 Å². The minimum Gasteiger partial charge on any atom is -0.469 e. The average Bonchev–Trinajstić information content (AvgIpc) is 3.00. The molecule has 0 amide bonds. The lowest BCUT2D eigenvalue weighted by atomic mass is 10.1. The first kappa shape index (κ1) is 20.5. The molecule has 8 heteroatoms. The number of methoxy groups -OCH3 is 1. The number of rotatable bonds is 5. The molecule has 0 aliphatic heterocycles. The van der Waals surface area contributed by atoms with Crippen LogP contribution in [0.4, 0.5) is 10.1 Å². The number of H-pyrrole nitrogens is 1.